The van der Waals surface area contributed by atoms with Crippen LogP contribution in [-0.2, 0) is 41.6 Å². The predicted molar refractivity (Wildman–Crippen MR) is 182 cm³/mol. The summed E-state index contributed by atoms with van der Waals surface area (Å²) < 4.78 is 0. The number of unbranched alkanes of at least 4 members (excludes halogenated alkanes) is 2. The summed E-state index contributed by atoms with van der Waals surface area (Å²) in [6.45, 7) is 11.0. The van der Waals surface area contributed by atoms with Crippen molar-refractivity contribution in [3.05, 3.63) is 35.4 Å². The van der Waals surface area contributed by atoms with Gasteiger partial charge in [-0.3, -0.25) is 28.8 Å². The number of amides is 5. The Hall–Kier alpha value is -3.80. The second-order valence-electron chi connectivity index (χ2n) is 14.5. The quantitative estimate of drug-likeness (QED) is 0.200. The maximum Gasteiger partial charge on any atom is 0.246 e. The Labute approximate surface area is 284 Å². The molecule has 0 spiro atoms. The Morgan fingerprint density at radius 1 is 0.979 bits per heavy atom. The molecule has 5 atom stereocenters. The van der Waals surface area contributed by atoms with E-state index in [1.807, 2.05) is 45.0 Å². The number of aryl methyl sites for hydroxylation is 1. The van der Waals surface area contributed by atoms with Gasteiger partial charge in [-0.05, 0) is 84.3 Å². The number of fused-ring (bicyclic) bond motifs is 1. The van der Waals surface area contributed by atoms with Crippen molar-refractivity contribution < 1.29 is 33.9 Å². The first-order valence-corrected chi connectivity index (χ1v) is 17.4. The lowest BCUT2D eigenvalue weighted by atomic mass is 9.94. The molecule has 12 nitrogen and oxygen atoms in total. The first kappa shape index (κ1) is 38.6. The molecule has 2 saturated heterocycles. The molecule has 1 aromatic rings. The van der Waals surface area contributed by atoms with E-state index in [2.05, 4.69) is 21.3 Å². The third kappa shape index (κ3) is 11.1. The molecule has 2 heterocycles. The molecule has 5 amide bonds. The van der Waals surface area contributed by atoms with Crippen LogP contribution < -0.4 is 21.3 Å². The van der Waals surface area contributed by atoms with Crippen LogP contribution in [0.3, 0.4) is 0 Å². The normalized spacial score (nSPS) is 24.4. The number of carbonyl (C=O) groups is 6. The average Bonchev–Trinajstić information content (AvgIpc) is 3.51. The van der Waals surface area contributed by atoms with Gasteiger partial charge in [-0.2, -0.15) is 0 Å². The standard InChI is InChI=1S/C36H55N5O7/c1-7-36(6)34(48)38-27(22-25-17-15-24(16-18-25)19-20-30(44)39-35(3,4)5)33(47)41-21-11-13-28(41)32(46)37-26(31(45)40-36)12-9-8-10-14-29(43)23(2)42/h15-18,23,26-28,42H,7-14,19-22H2,1-6H3,(H,37,46)(H,38,48)(H,39,44)(H,40,45)/t23-,26+,27+,28-,36+/m1/s1. The SMILES string of the molecule is CC[C@]1(C)NC(=O)[C@H](CCCCCC(=O)[C@@H](C)O)NC(=O)[C@H]2CCCN2C(=O)[C@H](Cc2ccc(CCC(=O)NC(C)(C)C)cc2)NC1=O. The Morgan fingerprint density at radius 2 is 1.65 bits per heavy atom. The first-order valence-electron chi connectivity index (χ1n) is 17.4. The fourth-order valence-corrected chi connectivity index (χ4v) is 6.07. The second-order valence-corrected chi connectivity index (χ2v) is 14.5. The number of hydrogen-bond donors (Lipinski definition) is 5. The van der Waals surface area contributed by atoms with Gasteiger partial charge >= 0.3 is 0 Å². The van der Waals surface area contributed by atoms with E-state index in [0.717, 1.165) is 11.1 Å². The monoisotopic (exact) mass is 669 g/mol. The summed E-state index contributed by atoms with van der Waals surface area (Å²) in [5.74, 6) is -2.01. The van der Waals surface area contributed by atoms with Crippen LogP contribution in [0.15, 0.2) is 24.3 Å². The van der Waals surface area contributed by atoms with Gasteiger partial charge in [0.05, 0.1) is 0 Å². The Balaban J connectivity index is 1.76. The Bertz CT molecular complexity index is 1320. The summed E-state index contributed by atoms with van der Waals surface area (Å²) in [6.07, 6.45) is 3.62. The van der Waals surface area contributed by atoms with Crippen molar-refractivity contribution in [3.63, 3.8) is 0 Å². The van der Waals surface area contributed by atoms with Crippen LogP contribution in [0.5, 0.6) is 0 Å². The van der Waals surface area contributed by atoms with E-state index in [4.69, 9.17) is 0 Å². The van der Waals surface area contributed by atoms with E-state index < -0.39 is 47.5 Å². The van der Waals surface area contributed by atoms with E-state index in [9.17, 15) is 33.9 Å². The lowest BCUT2D eigenvalue weighted by Crippen LogP contribution is -2.65. The number of aliphatic hydroxyl groups excluding tert-OH is 1. The molecular formula is C36H55N5O7. The molecule has 12 heteroatoms. The lowest BCUT2D eigenvalue weighted by Gasteiger charge is -2.36. The highest BCUT2D eigenvalue weighted by atomic mass is 16.3. The van der Waals surface area contributed by atoms with Crippen molar-refractivity contribution in [1.29, 1.82) is 0 Å². The van der Waals surface area contributed by atoms with Crippen LogP contribution in [0.2, 0.25) is 0 Å². The van der Waals surface area contributed by atoms with Gasteiger partial charge in [0.15, 0.2) is 5.78 Å². The van der Waals surface area contributed by atoms with E-state index >= 15 is 0 Å². The highest BCUT2D eigenvalue weighted by Gasteiger charge is 2.43. The zero-order valence-corrected chi connectivity index (χ0v) is 29.4. The van der Waals surface area contributed by atoms with Gasteiger partial charge in [-0.15, -0.1) is 0 Å². The largest absolute Gasteiger partial charge is 0.386 e. The van der Waals surface area contributed by atoms with Gasteiger partial charge in [0.25, 0.3) is 0 Å². The number of carbonyl (C=O) groups excluding carboxylic acids is 6. The van der Waals surface area contributed by atoms with Crippen LogP contribution in [0.1, 0.15) is 110 Å². The fourth-order valence-electron chi connectivity index (χ4n) is 6.07. The number of benzene rings is 1. The minimum absolute atomic E-state index is 0.0312. The average molecular weight is 670 g/mol. The van der Waals surface area contributed by atoms with Crippen molar-refractivity contribution >= 4 is 35.3 Å². The molecule has 2 fully saturated rings. The smallest absolute Gasteiger partial charge is 0.246 e. The van der Waals surface area contributed by atoms with E-state index in [-0.39, 0.29) is 42.4 Å². The molecule has 3 rings (SSSR count). The zero-order valence-electron chi connectivity index (χ0n) is 29.4. The summed E-state index contributed by atoms with van der Waals surface area (Å²) in [5.41, 5.74) is 0.130. The molecule has 266 valence electrons. The number of aliphatic hydroxyl groups is 1. The van der Waals surface area contributed by atoms with Crippen LogP contribution >= 0.6 is 0 Å². The number of ketones is 1. The minimum atomic E-state index is -1.34. The van der Waals surface area contributed by atoms with Crippen LogP contribution in [0.25, 0.3) is 0 Å². The topological polar surface area (TPSA) is 174 Å². The highest BCUT2D eigenvalue weighted by molar-refractivity contribution is 5.99. The lowest BCUT2D eigenvalue weighted by molar-refractivity contribution is -0.144. The predicted octanol–water partition coefficient (Wildman–Crippen LogP) is 2.24. The second kappa shape index (κ2) is 17.0. The maximum absolute atomic E-state index is 14.0. The third-order valence-corrected chi connectivity index (χ3v) is 9.18. The van der Waals surface area contributed by atoms with Crippen molar-refractivity contribution in [2.75, 3.05) is 6.54 Å². The molecule has 0 aliphatic carbocycles. The van der Waals surface area contributed by atoms with Crippen LogP contribution in [-0.4, -0.2) is 87.2 Å². The summed E-state index contributed by atoms with van der Waals surface area (Å²) in [4.78, 5) is 80.5. The molecule has 5 N–H and O–H groups in total. The minimum Gasteiger partial charge on any atom is -0.386 e. The highest BCUT2D eigenvalue weighted by Crippen LogP contribution is 2.22. The molecule has 2 aliphatic rings. The molecule has 0 unspecified atom stereocenters. The molecule has 2 aliphatic heterocycles. The zero-order chi connectivity index (χ0) is 35.6. The maximum atomic E-state index is 14.0. The number of Topliss-reactive ketones (excluding diaryl/α,β-unsaturated/α-hetero) is 1. The number of nitrogens with zero attached hydrogens (tertiary/aromatic N) is 1. The van der Waals surface area contributed by atoms with E-state index in [1.54, 1.807) is 13.8 Å². The molecule has 0 aromatic heterocycles. The summed E-state index contributed by atoms with van der Waals surface area (Å²) in [6, 6.07) is 4.93. The van der Waals surface area contributed by atoms with Crippen molar-refractivity contribution in [2.45, 2.75) is 147 Å². The Morgan fingerprint density at radius 3 is 2.27 bits per heavy atom. The van der Waals surface area contributed by atoms with Crippen LogP contribution in [0.4, 0.5) is 0 Å². The first-order chi connectivity index (χ1) is 22.5. The van der Waals surface area contributed by atoms with Crippen molar-refractivity contribution in [2.24, 2.45) is 0 Å². The summed E-state index contributed by atoms with van der Waals surface area (Å²) >= 11 is 0. The van der Waals surface area contributed by atoms with Gasteiger partial charge in [-0.25, -0.2) is 0 Å². The molecule has 0 radical (unpaired) electrons. The van der Waals surface area contributed by atoms with Gasteiger partial charge < -0.3 is 31.3 Å². The molecular weight excluding hydrogens is 614 g/mol. The van der Waals surface area contributed by atoms with Gasteiger partial charge in [0.1, 0.15) is 29.8 Å². The molecule has 0 bridgehead atoms. The van der Waals surface area contributed by atoms with E-state index in [1.165, 1.54) is 11.8 Å². The number of rotatable bonds is 13. The summed E-state index contributed by atoms with van der Waals surface area (Å²) in [5, 5.41) is 21.0. The fraction of sp³-hybridized carbons (Fsp3) is 0.667. The number of hydrogen-bond acceptors (Lipinski definition) is 7. The number of nitrogens with one attached hydrogen (secondary N) is 4. The van der Waals surface area contributed by atoms with E-state index in [0.29, 0.717) is 57.9 Å². The third-order valence-electron chi connectivity index (χ3n) is 9.18. The van der Waals surface area contributed by atoms with Gasteiger partial charge in [0, 0.05) is 31.3 Å². The van der Waals surface area contributed by atoms with Gasteiger partial charge in [0.2, 0.25) is 29.5 Å². The molecule has 1 aromatic carbocycles. The van der Waals surface area contributed by atoms with Gasteiger partial charge in [-0.1, -0.05) is 44.0 Å². The molecule has 0 saturated carbocycles. The molecule has 48 heavy (non-hydrogen) atoms. The summed E-state index contributed by atoms with van der Waals surface area (Å²) in [7, 11) is 0. The van der Waals surface area contributed by atoms with Crippen molar-refractivity contribution in [1.82, 2.24) is 26.2 Å². The Kier molecular flexibility index (Phi) is 13.7. The van der Waals surface area contributed by atoms with Crippen LogP contribution in [0, 0.1) is 0 Å². The van der Waals surface area contributed by atoms with Crippen molar-refractivity contribution in [3.8, 4) is 0 Å².